The molecular weight excluding hydrogens is 444 g/mol. The highest BCUT2D eigenvalue weighted by Crippen LogP contribution is 2.67. The monoisotopic (exact) mass is 468 g/mol. The van der Waals surface area contributed by atoms with Gasteiger partial charge in [-0.05, 0) is 74.4 Å². The van der Waals surface area contributed by atoms with Crippen LogP contribution < -0.4 is 10.1 Å². The van der Waals surface area contributed by atoms with E-state index >= 15 is 0 Å². The molecule has 0 radical (unpaired) electrons. The number of aryl methyl sites for hydroxylation is 2. The average Bonchev–Trinajstić information content (AvgIpc) is 3.08. The Kier molecular flexibility index (Phi) is 4.64. The zero-order valence-corrected chi connectivity index (χ0v) is 19.6. The van der Waals surface area contributed by atoms with Crippen LogP contribution in [0.1, 0.15) is 64.7 Å². The fourth-order valence-corrected chi connectivity index (χ4v) is 5.94. The molecular formula is C26H24N6O3. The largest absolute Gasteiger partial charge is 0.438 e. The van der Waals surface area contributed by atoms with Gasteiger partial charge in [-0.3, -0.25) is 4.79 Å². The number of carbonyl (C=O) groups is 1. The highest BCUT2D eigenvalue weighted by Gasteiger charge is 2.69. The number of nitrogens with one attached hydrogen (secondary N) is 1. The first kappa shape index (κ1) is 21.6. The van der Waals surface area contributed by atoms with Gasteiger partial charge in [-0.2, -0.15) is 15.5 Å². The molecule has 4 fully saturated rings. The van der Waals surface area contributed by atoms with Crippen molar-refractivity contribution in [2.75, 3.05) is 18.5 Å². The first-order valence-electron chi connectivity index (χ1n) is 11.8. The zero-order chi connectivity index (χ0) is 24.4. The van der Waals surface area contributed by atoms with Crippen molar-refractivity contribution in [3.8, 4) is 23.8 Å². The van der Waals surface area contributed by atoms with E-state index in [0.717, 1.165) is 42.4 Å². The Balaban J connectivity index is 1.39. The maximum Gasteiger partial charge on any atom is 0.275 e. The van der Waals surface area contributed by atoms with Crippen molar-refractivity contribution in [2.45, 2.75) is 51.3 Å². The quantitative estimate of drug-likeness (QED) is 0.649. The second-order valence-electron chi connectivity index (χ2n) is 10.1. The fraction of sp³-hybridized carbons (Fsp3) is 0.423. The summed E-state index contributed by atoms with van der Waals surface area (Å²) in [6.07, 6.45) is 5.66. The van der Waals surface area contributed by atoms with Gasteiger partial charge in [0.1, 0.15) is 11.4 Å². The van der Waals surface area contributed by atoms with Gasteiger partial charge in [-0.1, -0.05) is 0 Å². The topological polar surface area (TPSA) is 124 Å². The van der Waals surface area contributed by atoms with E-state index in [1.54, 1.807) is 11.0 Å². The van der Waals surface area contributed by atoms with Gasteiger partial charge >= 0.3 is 0 Å². The lowest BCUT2D eigenvalue weighted by Crippen LogP contribution is -2.70. The van der Waals surface area contributed by atoms with Gasteiger partial charge in [0.2, 0.25) is 11.8 Å². The summed E-state index contributed by atoms with van der Waals surface area (Å²) in [5, 5.41) is 21.6. The molecule has 1 aromatic heterocycles. The predicted molar refractivity (Wildman–Crippen MR) is 125 cm³/mol. The number of rotatable bonds is 5. The molecule has 3 heterocycles. The Morgan fingerprint density at radius 1 is 1.23 bits per heavy atom. The standard InChI is InChI=1S/C26H24N6O3/c1-15-9-17(5-3-6-27)10-16(2)20(15)35-21-18-19(22(33)32-7-4-8-34-23(18)32)29-24(30-21)31-26-11-25(12-26,13-26)14-28/h3,5,9-10,23H,4,7-8,11-13H2,1-2H3,(H,29,30,31)/b5-3+/t23-,25?,26?/m0/s1. The Bertz CT molecular complexity index is 1340. The molecule has 176 valence electrons. The van der Waals surface area contributed by atoms with Crippen LogP contribution in [-0.2, 0) is 4.74 Å². The van der Waals surface area contributed by atoms with Gasteiger partial charge in [0.05, 0.1) is 29.7 Å². The minimum Gasteiger partial charge on any atom is -0.438 e. The van der Waals surface area contributed by atoms with E-state index in [9.17, 15) is 10.1 Å². The smallest absolute Gasteiger partial charge is 0.275 e. The van der Waals surface area contributed by atoms with Crippen molar-refractivity contribution >= 4 is 17.9 Å². The molecule has 3 saturated carbocycles. The van der Waals surface area contributed by atoms with Crippen LogP contribution in [0.25, 0.3) is 6.08 Å². The number of allylic oxidation sites excluding steroid dienone is 1. The van der Waals surface area contributed by atoms with Gasteiger partial charge in [-0.25, -0.2) is 4.98 Å². The van der Waals surface area contributed by atoms with Gasteiger partial charge < -0.3 is 19.7 Å². The second-order valence-corrected chi connectivity index (χ2v) is 10.1. The second kappa shape index (κ2) is 7.53. The maximum absolute atomic E-state index is 13.2. The number of hydrogen-bond acceptors (Lipinski definition) is 8. The minimum atomic E-state index is -0.564. The molecule has 0 spiro atoms. The van der Waals surface area contributed by atoms with Gasteiger partial charge in [0.25, 0.3) is 5.91 Å². The lowest BCUT2D eigenvalue weighted by molar-refractivity contribution is -0.0724. The Hall–Kier alpha value is -3.95. The average molecular weight is 469 g/mol. The summed E-state index contributed by atoms with van der Waals surface area (Å²) >= 11 is 0. The van der Waals surface area contributed by atoms with E-state index in [0.29, 0.717) is 42.0 Å². The molecule has 35 heavy (non-hydrogen) atoms. The SMILES string of the molecule is Cc1cc(/C=C/C#N)cc(C)c1Oc1nc(NC23CC(C#N)(C2)C3)nc2c1[C@@H]1OCCCN1C2=O. The normalized spacial score (nSPS) is 27.8. The third-order valence-electron chi connectivity index (χ3n) is 7.40. The third kappa shape index (κ3) is 3.27. The summed E-state index contributed by atoms with van der Waals surface area (Å²) in [5.74, 6) is 1.09. The number of aromatic nitrogens is 2. The number of benzene rings is 1. The summed E-state index contributed by atoms with van der Waals surface area (Å²) < 4.78 is 12.4. The van der Waals surface area contributed by atoms with Crippen LogP contribution >= 0.6 is 0 Å². The Morgan fingerprint density at radius 3 is 2.66 bits per heavy atom. The lowest BCUT2D eigenvalue weighted by atomic mass is 9.40. The summed E-state index contributed by atoms with van der Waals surface area (Å²) in [7, 11) is 0. The van der Waals surface area contributed by atoms with Crippen molar-refractivity contribution < 1.29 is 14.3 Å². The van der Waals surface area contributed by atoms with Crippen LogP contribution in [-0.4, -0.2) is 39.5 Å². The van der Waals surface area contributed by atoms with Gasteiger partial charge in [0.15, 0.2) is 6.23 Å². The summed E-state index contributed by atoms with van der Waals surface area (Å²) in [6, 6.07) is 8.29. The molecule has 7 rings (SSSR count). The van der Waals surface area contributed by atoms with Crippen molar-refractivity contribution in [3.05, 3.63) is 46.2 Å². The van der Waals surface area contributed by atoms with E-state index in [-0.39, 0.29) is 16.9 Å². The van der Waals surface area contributed by atoms with E-state index in [2.05, 4.69) is 16.4 Å². The van der Waals surface area contributed by atoms with E-state index in [1.165, 1.54) is 6.08 Å². The first-order chi connectivity index (χ1) is 16.9. The third-order valence-corrected chi connectivity index (χ3v) is 7.40. The number of fused-ring (bicyclic) bond motifs is 3. The van der Waals surface area contributed by atoms with Gasteiger partial charge in [0, 0.05) is 18.2 Å². The van der Waals surface area contributed by atoms with Crippen LogP contribution in [0.15, 0.2) is 18.2 Å². The number of anilines is 1. The Labute approximate surface area is 203 Å². The molecule has 2 aliphatic heterocycles. The highest BCUT2D eigenvalue weighted by atomic mass is 16.5. The molecule has 2 aromatic rings. The van der Waals surface area contributed by atoms with Crippen LogP contribution in [0.3, 0.4) is 0 Å². The van der Waals surface area contributed by atoms with Crippen molar-refractivity contribution in [2.24, 2.45) is 5.41 Å². The predicted octanol–water partition coefficient (Wildman–Crippen LogP) is 4.16. The molecule has 1 saturated heterocycles. The molecule has 1 aromatic carbocycles. The number of nitrogens with zero attached hydrogens (tertiary/aromatic N) is 5. The molecule has 2 bridgehead atoms. The molecule has 9 heteroatoms. The first-order valence-corrected chi connectivity index (χ1v) is 11.8. The van der Waals surface area contributed by atoms with Gasteiger partial charge in [-0.15, -0.1) is 0 Å². The molecule has 0 unspecified atom stereocenters. The molecule has 1 atom stereocenters. The van der Waals surface area contributed by atoms with Crippen molar-refractivity contribution in [1.29, 1.82) is 10.5 Å². The summed E-state index contributed by atoms with van der Waals surface area (Å²) in [4.78, 5) is 24.2. The maximum atomic E-state index is 13.2. The number of amides is 1. The van der Waals surface area contributed by atoms with Crippen molar-refractivity contribution in [1.82, 2.24) is 14.9 Å². The molecule has 3 aliphatic carbocycles. The van der Waals surface area contributed by atoms with Crippen molar-refractivity contribution in [3.63, 3.8) is 0 Å². The fourth-order valence-electron chi connectivity index (χ4n) is 5.94. The number of carbonyl (C=O) groups excluding carboxylic acids is 1. The summed E-state index contributed by atoms with van der Waals surface area (Å²) in [6.45, 7) is 5.01. The van der Waals surface area contributed by atoms with E-state index in [4.69, 9.17) is 19.7 Å². The lowest BCUT2D eigenvalue weighted by Gasteiger charge is -2.66. The molecule has 1 N–H and O–H groups in total. The minimum absolute atomic E-state index is 0.184. The molecule has 1 amide bonds. The van der Waals surface area contributed by atoms with Crippen LogP contribution in [0.5, 0.6) is 11.6 Å². The number of hydrogen-bond donors (Lipinski definition) is 1. The Morgan fingerprint density at radius 2 is 1.97 bits per heavy atom. The summed E-state index contributed by atoms with van der Waals surface area (Å²) in [5.41, 5.74) is 3.11. The van der Waals surface area contributed by atoms with E-state index < -0.39 is 6.23 Å². The molecule has 9 nitrogen and oxygen atoms in total. The van der Waals surface area contributed by atoms with Crippen LogP contribution in [0.2, 0.25) is 0 Å². The molecule has 5 aliphatic rings. The number of nitriles is 2. The zero-order valence-electron chi connectivity index (χ0n) is 19.6. The highest BCUT2D eigenvalue weighted by molar-refractivity contribution is 5.98. The van der Waals surface area contributed by atoms with Crippen LogP contribution in [0, 0.1) is 41.9 Å². The number of ether oxygens (including phenoxy) is 2. The van der Waals surface area contributed by atoms with Crippen LogP contribution in [0.4, 0.5) is 5.95 Å². The van der Waals surface area contributed by atoms with E-state index in [1.807, 2.05) is 32.0 Å².